The van der Waals surface area contributed by atoms with E-state index in [0.29, 0.717) is 6.54 Å². The van der Waals surface area contributed by atoms with Gasteiger partial charge in [0, 0.05) is 5.69 Å². The molecule has 1 aliphatic heterocycles. The third kappa shape index (κ3) is 3.23. The summed E-state index contributed by atoms with van der Waals surface area (Å²) in [5.41, 5.74) is 1.73. The highest BCUT2D eigenvalue weighted by atomic mass is 16.2. The fourth-order valence-electron chi connectivity index (χ4n) is 2.72. The Labute approximate surface area is 125 Å². The fraction of sp³-hybridized carbons (Fsp3) is 0.562. The average molecular weight is 289 g/mol. The van der Waals surface area contributed by atoms with Crippen LogP contribution in [-0.2, 0) is 16.1 Å². The van der Waals surface area contributed by atoms with Crippen LogP contribution in [-0.4, -0.2) is 33.8 Å². The first-order valence-corrected chi connectivity index (χ1v) is 7.47. The van der Waals surface area contributed by atoms with Gasteiger partial charge in [-0.25, -0.2) is 0 Å². The number of nitrogens with zero attached hydrogens (tertiary/aromatic N) is 2. The minimum atomic E-state index is -0.470. The van der Waals surface area contributed by atoms with Crippen LogP contribution in [0.4, 0.5) is 0 Å². The molecule has 3 atom stereocenters. The van der Waals surface area contributed by atoms with Gasteiger partial charge in [-0.15, -0.1) is 0 Å². The Kier molecular flexibility index (Phi) is 4.60. The van der Waals surface area contributed by atoms with E-state index in [4.69, 9.17) is 0 Å². The first-order chi connectivity index (χ1) is 9.93. The maximum Gasteiger partial charge on any atom is 0.245 e. The molecule has 3 unspecified atom stereocenters. The molecule has 1 aliphatic rings. The Hall–Kier alpha value is -1.91. The Morgan fingerprint density at radius 1 is 1.38 bits per heavy atom. The van der Waals surface area contributed by atoms with E-state index in [1.165, 1.54) is 0 Å². The van der Waals surface area contributed by atoms with Gasteiger partial charge in [-0.1, -0.05) is 26.3 Å². The van der Waals surface area contributed by atoms with Crippen molar-refractivity contribution in [1.29, 1.82) is 0 Å². The first kappa shape index (κ1) is 15.5. The summed E-state index contributed by atoms with van der Waals surface area (Å²) >= 11 is 0. The van der Waals surface area contributed by atoms with E-state index in [2.05, 4.69) is 10.3 Å². The lowest BCUT2D eigenvalue weighted by molar-refractivity contribution is -0.151. The van der Waals surface area contributed by atoms with E-state index < -0.39 is 12.1 Å². The molecule has 1 fully saturated rings. The smallest absolute Gasteiger partial charge is 0.245 e. The summed E-state index contributed by atoms with van der Waals surface area (Å²) in [6.45, 7) is 8.06. The van der Waals surface area contributed by atoms with Gasteiger partial charge in [0.05, 0.1) is 12.2 Å². The number of hydrogen-bond acceptors (Lipinski definition) is 3. The van der Waals surface area contributed by atoms with Crippen molar-refractivity contribution in [3.05, 3.63) is 29.6 Å². The molecule has 0 aromatic carbocycles. The Bertz CT molecular complexity index is 544. The van der Waals surface area contributed by atoms with Crippen LogP contribution < -0.4 is 5.32 Å². The molecule has 0 saturated carbocycles. The maximum atomic E-state index is 12.5. The molecule has 0 radical (unpaired) electrons. The molecule has 1 aromatic rings. The normalized spacial score (nSPS) is 23.9. The molecule has 5 nitrogen and oxygen atoms in total. The van der Waals surface area contributed by atoms with Crippen LogP contribution in [0.15, 0.2) is 18.2 Å². The fourth-order valence-corrected chi connectivity index (χ4v) is 2.72. The van der Waals surface area contributed by atoms with E-state index in [0.717, 1.165) is 17.8 Å². The van der Waals surface area contributed by atoms with Crippen LogP contribution in [0.3, 0.4) is 0 Å². The van der Waals surface area contributed by atoms with Crippen molar-refractivity contribution in [1.82, 2.24) is 15.2 Å². The van der Waals surface area contributed by atoms with Crippen LogP contribution in [0.2, 0.25) is 0 Å². The van der Waals surface area contributed by atoms with Crippen LogP contribution in [0.1, 0.15) is 38.6 Å². The maximum absolute atomic E-state index is 12.5. The second kappa shape index (κ2) is 6.24. The molecule has 0 spiro atoms. The Morgan fingerprint density at radius 2 is 2.10 bits per heavy atom. The lowest BCUT2D eigenvalue weighted by Crippen LogP contribution is -2.63. The van der Waals surface area contributed by atoms with Gasteiger partial charge in [-0.05, 0) is 31.9 Å². The molecule has 1 saturated heterocycles. The number of hydrogen-bond donors (Lipinski definition) is 1. The number of rotatable bonds is 4. The second-order valence-electron chi connectivity index (χ2n) is 5.80. The number of pyridine rings is 1. The minimum Gasteiger partial charge on any atom is -0.343 e. The van der Waals surface area contributed by atoms with Crippen molar-refractivity contribution in [2.75, 3.05) is 0 Å². The van der Waals surface area contributed by atoms with Crippen LogP contribution in [0, 0.1) is 12.8 Å². The minimum absolute atomic E-state index is 0.0387. The van der Waals surface area contributed by atoms with Crippen LogP contribution in [0.5, 0.6) is 0 Å². The SMILES string of the molecule is CCC(C)C1C(=O)NC(C)C(=O)N1Cc1cccc(C)n1. The molecule has 2 rings (SSSR count). The summed E-state index contributed by atoms with van der Waals surface area (Å²) in [6.07, 6.45) is 0.845. The number of aromatic nitrogens is 1. The van der Waals surface area contributed by atoms with Gasteiger partial charge in [0.25, 0.3) is 0 Å². The lowest BCUT2D eigenvalue weighted by atomic mass is 9.93. The zero-order chi connectivity index (χ0) is 15.6. The van der Waals surface area contributed by atoms with Crippen molar-refractivity contribution in [3.63, 3.8) is 0 Å². The third-order valence-corrected chi connectivity index (χ3v) is 4.08. The molecule has 2 amide bonds. The van der Waals surface area contributed by atoms with Crippen LogP contribution in [0.25, 0.3) is 0 Å². The van der Waals surface area contributed by atoms with Gasteiger partial charge >= 0.3 is 0 Å². The quantitative estimate of drug-likeness (QED) is 0.917. The average Bonchev–Trinajstić information content (AvgIpc) is 2.44. The lowest BCUT2D eigenvalue weighted by Gasteiger charge is -2.40. The van der Waals surface area contributed by atoms with Gasteiger partial charge < -0.3 is 10.2 Å². The summed E-state index contributed by atoms with van der Waals surface area (Å²) in [7, 11) is 0. The summed E-state index contributed by atoms with van der Waals surface area (Å²) in [5.74, 6) is 0.0126. The molecule has 1 aromatic heterocycles. The van der Waals surface area contributed by atoms with E-state index >= 15 is 0 Å². The standard InChI is InChI=1S/C16H23N3O2/c1-5-10(2)14-15(20)18-12(4)16(21)19(14)9-13-8-6-7-11(3)17-13/h6-8,10,12,14H,5,9H2,1-4H3,(H,18,20). The highest BCUT2D eigenvalue weighted by Crippen LogP contribution is 2.22. The topological polar surface area (TPSA) is 62.3 Å². The summed E-state index contributed by atoms with van der Waals surface area (Å²) in [5, 5.41) is 2.77. The number of piperazine rings is 1. The van der Waals surface area contributed by atoms with Crippen molar-refractivity contribution in [2.45, 2.75) is 52.7 Å². The molecular weight excluding hydrogens is 266 g/mol. The zero-order valence-corrected chi connectivity index (χ0v) is 13.1. The van der Waals surface area contributed by atoms with Crippen molar-refractivity contribution in [3.8, 4) is 0 Å². The summed E-state index contributed by atoms with van der Waals surface area (Å²) < 4.78 is 0. The van der Waals surface area contributed by atoms with Crippen molar-refractivity contribution in [2.24, 2.45) is 5.92 Å². The van der Waals surface area contributed by atoms with E-state index in [1.807, 2.05) is 39.0 Å². The number of carbonyl (C=O) groups excluding carboxylic acids is 2. The second-order valence-corrected chi connectivity index (χ2v) is 5.80. The Balaban J connectivity index is 2.29. The number of aryl methyl sites for hydroxylation is 1. The molecule has 5 heteroatoms. The third-order valence-electron chi connectivity index (χ3n) is 4.08. The van der Waals surface area contributed by atoms with Gasteiger partial charge in [-0.2, -0.15) is 0 Å². The molecular formula is C16H23N3O2. The van der Waals surface area contributed by atoms with Gasteiger partial charge in [0.2, 0.25) is 11.8 Å². The molecule has 21 heavy (non-hydrogen) atoms. The van der Waals surface area contributed by atoms with E-state index in [-0.39, 0.29) is 17.7 Å². The van der Waals surface area contributed by atoms with Crippen LogP contribution >= 0.6 is 0 Å². The monoisotopic (exact) mass is 289 g/mol. The number of carbonyl (C=O) groups is 2. The molecule has 0 bridgehead atoms. The highest BCUT2D eigenvalue weighted by molar-refractivity contribution is 5.96. The summed E-state index contributed by atoms with van der Waals surface area (Å²) in [4.78, 5) is 30.9. The largest absolute Gasteiger partial charge is 0.343 e. The van der Waals surface area contributed by atoms with Crippen molar-refractivity contribution < 1.29 is 9.59 Å². The van der Waals surface area contributed by atoms with Crippen molar-refractivity contribution >= 4 is 11.8 Å². The van der Waals surface area contributed by atoms with E-state index in [9.17, 15) is 9.59 Å². The van der Waals surface area contributed by atoms with Gasteiger partial charge in [0.15, 0.2) is 0 Å². The zero-order valence-electron chi connectivity index (χ0n) is 13.1. The number of amides is 2. The highest BCUT2D eigenvalue weighted by Gasteiger charge is 2.40. The molecule has 114 valence electrons. The summed E-state index contributed by atoms with van der Waals surface area (Å²) in [6, 6.07) is 4.85. The molecule has 0 aliphatic carbocycles. The predicted octanol–water partition coefficient (Wildman–Crippen LogP) is 1.65. The van der Waals surface area contributed by atoms with E-state index in [1.54, 1.807) is 11.8 Å². The van der Waals surface area contributed by atoms with Gasteiger partial charge in [0.1, 0.15) is 12.1 Å². The van der Waals surface area contributed by atoms with Gasteiger partial charge in [-0.3, -0.25) is 14.6 Å². The number of nitrogens with one attached hydrogen (secondary N) is 1. The Morgan fingerprint density at radius 3 is 2.71 bits per heavy atom. The molecule has 1 N–H and O–H groups in total. The first-order valence-electron chi connectivity index (χ1n) is 7.47. The molecule has 2 heterocycles. The predicted molar refractivity (Wildman–Crippen MR) is 80.4 cm³/mol.